The van der Waals surface area contributed by atoms with Crippen LogP contribution in [-0.4, -0.2) is 51.8 Å². The van der Waals surface area contributed by atoms with Gasteiger partial charge in [0.05, 0.1) is 37.5 Å². The van der Waals surface area contributed by atoms with Gasteiger partial charge in [-0.2, -0.15) is 13.2 Å². The van der Waals surface area contributed by atoms with E-state index in [2.05, 4.69) is 15.1 Å². The van der Waals surface area contributed by atoms with E-state index in [9.17, 15) is 13.2 Å². The van der Waals surface area contributed by atoms with Crippen LogP contribution in [0.15, 0.2) is 36.4 Å². The van der Waals surface area contributed by atoms with E-state index in [-0.39, 0.29) is 24.1 Å². The fraction of sp³-hybridized carbons (Fsp3) is 0.318. The highest BCUT2D eigenvalue weighted by atomic mass is 35.5. The Morgan fingerprint density at radius 1 is 1.03 bits per heavy atom. The van der Waals surface area contributed by atoms with Crippen molar-refractivity contribution in [3.8, 4) is 23.1 Å². The topological polar surface area (TPSA) is 76.2 Å². The molecule has 1 unspecified atom stereocenters. The molecule has 4 aromatic rings. The predicted octanol–water partition coefficient (Wildman–Crippen LogP) is 4.80. The first kappa shape index (κ1) is 23.8. The van der Waals surface area contributed by atoms with Crippen LogP contribution in [0.3, 0.4) is 0 Å². The van der Waals surface area contributed by atoms with Crippen molar-refractivity contribution < 1.29 is 27.4 Å². The molecule has 1 atom stereocenters. The Balaban J connectivity index is 1.83. The number of ether oxygens (including phenoxy) is 3. The molecule has 0 bridgehead atoms. The quantitative estimate of drug-likeness (QED) is 0.366. The molecule has 0 fully saturated rings. The first-order chi connectivity index (χ1) is 16.2. The van der Waals surface area contributed by atoms with E-state index >= 15 is 0 Å². The lowest BCUT2D eigenvalue weighted by molar-refractivity contribution is -0.219. The molecule has 1 aromatic carbocycles. The number of aryl methyl sites for hydroxylation is 1. The fourth-order valence-corrected chi connectivity index (χ4v) is 3.85. The summed E-state index contributed by atoms with van der Waals surface area (Å²) in [4.78, 5) is 8.59. The van der Waals surface area contributed by atoms with Crippen molar-refractivity contribution in [2.45, 2.75) is 18.8 Å². The zero-order valence-corrected chi connectivity index (χ0v) is 19.5. The molecule has 0 amide bonds. The van der Waals surface area contributed by atoms with Gasteiger partial charge in [0.2, 0.25) is 12.0 Å². The van der Waals surface area contributed by atoms with Crippen LogP contribution < -0.4 is 9.47 Å². The summed E-state index contributed by atoms with van der Waals surface area (Å²) in [6.45, 7) is 0.0457. The number of hydrogen-bond acceptors (Lipinski definition) is 6. The third-order valence-electron chi connectivity index (χ3n) is 5.33. The highest BCUT2D eigenvalue weighted by molar-refractivity contribution is 6.32. The molecule has 0 aliphatic heterocycles. The van der Waals surface area contributed by atoms with E-state index in [4.69, 9.17) is 25.8 Å². The molecule has 3 heterocycles. The molecule has 180 valence electrons. The van der Waals surface area contributed by atoms with Crippen LogP contribution in [0.25, 0.3) is 22.6 Å². The minimum absolute atomic E-state index is 0.0457. The molecule has 34 heavy (non-hydrogen) atoms. The largest absolute Gasteiger partial charge is 0.497 e. The SMILES string of the molecule is COc1ccc(Cn2nc(-c3cc4nc(OC)c(Cl)cc4n3C)nc2C(OC)C(F)(F)F)cc1. The van der Waals surface area contributed by atoms with E-state index in [1.54, 1.807) is 48.0 Å². The van der Waals surface area contributed by atoms with Crippen LogP contribution in [0, 0.1) is 0 Å². The van der Waals surface area contributed by atoms with Crippen LogP contribution >= 0.6 is 11.6 Å². The molecule has 0 saturated heterocycles. The monoisotopic (exact) mass is 495 g/mol. The highest BCUT2D eigenvalue weighted by Gasteiger charge is 2.45. The maximum Gasteiger partial charge on any atom is 0.421 e. The Bertz CT molecular complexity index is 1320. The molecule has 3 aromatic heterocycles. The lowest BCUT2D eigenvalue weighted by atomic mass is 10.2. The molecule has 8 nitrogen and oxygen atoms in total. The van der Waals surface area contributed by atoms with Gasteiger partial charge in [0.15, 0.2) is 11.6 Å². The maximum absolute atomic E-state index is 13.7. The number of nitrogens with zero attached hydrogens (tertiary/aromatic N) is 5. The van der Waals surface area contributed by atoms with Crippen molar-refractivity contribution in [2.75, 3.05) is 21.3 Å². The highest BCUT2D eigenvalue weighted by Crippen LogP contribution is 2.36. The Hall–Kier alpha value is -3.31. The van der Waals surface area contributed by atoms with Gasteiger partial charge >= 0.3 is 6.18 Å². The molecular formula is C22H21ClF3N5O3. The molecule has 0 spiro atoms. The van der Waals surface area contributed by atoms with E-state index in [0.29, 0.717) is 33.1 Å². The van der Waals surface area contributed by atoms with Crippen LogP contribution in [0.4, 0.5) is 13.2 Å². The van der Waals surface area contributed by atoms with Gasteiger partial charge in [-0.3, -0.25) is 0 Å². The lowest BCUT2D eigenvalue weighted by Crippen LogP contribution is -2.26. The maximum atomic E-state index is 13.7. The van der Waals surface area contributed by atoms with Crippen molar-refractivity contribution in [1.82, 2.24) is 24.3 Å². The molecule has 0 saturated carbocycles. The van der Waals surface area contributed by atoms with Gasteiger partial charge in [-0.15, -0.1) is 5.10 Å². The number of hydrogen-bond donors (Lipinski definition) is 0. The number of fused-ring (bicyclic) bond motifs is 1. The number of pyridine rings is 1. The van der Waals surface area contributed by atoms with Crippen LogP contribution in [0.2, 0.25) is 5.02 Å². The number of rotatable bonds is 7. The zero-order valence-electron chi connectivity index (χ0n) is 18.7. The van der Waals surface area contributed by atoms with E-state index in [1.165, 1.54) is 18.9 Å². The number of aromatic nitrogens is 5. The van der Waals surface area contributed by atoms with Crippen molar-refractivity contribution in [1.29, 1.82) is 0 Å². The van der Waals surface area contributed by atoms with E-state index in [0.717, 1.165) is 7.11 Å². The van der Waals surface area contributed by atoms with Gasteiger partial charge in [-0.05, 0) is 29.8 Å². The number of methoxy groups -OCH3 is 3. The number of benzene rings is 1. The summed E-state index contributed by atoms with van der Waals surface area (Å²) in [5.74, 6) is 0.590. The Morgan fingerprint density at radius 2 is 1.74 bits per heavy atom. The smallest absolute Gasteiger partial charge is 0.421 e. The minimum Gasteiger partial charge on any atom is -0.497 e. The Morgan fingerprint density at radius 3 is 2.32 bits per heavy atom. The summed E-state index contributed by atoms with van der Waals surface area (Å²) in [5.41, 5.74) is 2.35. The standard InChI is InChI=1S/C22H21ClF3N5O3/c1-30-16-9-14(23)21(34-4)27-15(16)10-17(30)19-28-20(18(33-3)22(24,25)26)31(29-19)11-12-5-7-13(32-2)8-6-12/h5-10,18H,11H2,1-4H3. The Labute approximate surface area is 197 Å². The molecular weight excluding hydrogens is 475 g/mol. The molecule has 0 N–H and O–H groups in total. The van der Waals surface area contributed by atoms with Gasteiger partial charge < -0.3 is 18.8 Å². The van der Waals surface area contributed by atoms with Crippen molar-refractivity contribution in [2.24, 2.45) is 7.05 Å². The molecule has 12 heteroatoms. The summed E-state index contributed by atoms with van der Waals surface area (Å²) >= 11 is 6.20. The van der Waals surface area contributed by atoms with Crippen LogP contribution in [0.5, 0.6) is 11.6 Å². The van der Waals surface area contributed by atoms with Gasteiger partial charge in [-0.1, -0.05) is 23.7 Å². The lowest BCUT2D eigenvalue weighted by Gasteiger charge is -2.18. The molecule has 4 rings (SSSR count). The summed E-state index contributed by atoms with van der Waals surface area (Å²) in [6, 6.07) is 10.3. The first-order valence-electron chi connectivity index (χ1n) is 10.0. The van der Waals surface area contributed by atoms with Gasteiger partial charge in [0.1, 0.15) is 10.8 Å². The minimum atomic E-state index is -4.68. The second-order valence-corrected chi connectivity index (χ2v) is 7.84. The van der Waals surface area contributed by atoms with Crippen molar-refractivity contribution in [3.63, 3.8) is 0 Å². The van der Waals surface area contributed by atoms with Gasteiger partial charge in [0, 0.05) is 14.2 Å². The van der Waals surface area contributed by atoms with E-state index < -0.39 is 12.3 Å². The first-order valence-corrected chi connectivity index (χ1v) is 10.4. The van der Waals surface area contributed by atoms with Crippen molar-refractivity contribution >= 4 is 22.6 Å². The van der Waals surface area contributed by atoms with Crippen molar-refractivity contribution in [3.05, 3.63) is 52.8 Å². The van der Waals surface area contributed by atoms with Crippen LogP contribution in [-0.2, 0) is 18.3 Å². The second-order valence-electron chi connectivity index (χ2n) is 7.43. The van der Waals surface area contributed by atoms with E-state index in [1.807, 2.05) is 0 Å². The second kappa shape index (κ2) is 9.15. The zero-order chi connectivity index (χ0) is 24.6. The molecule has 0 aliphatic carbocycles. The Kier molecular flexibility index (Phi) is 6.41. The average molecular weight is 496 g/mol. The van der Waals surface area contributed by atoms with Gasteiger partial charge in [0.25, 0.3) is 0 Å². The fourth-order valence-electron chi connectivity index (χ4n) is 3.63. The van der Waals surface area contributed by atoms with Crippen LogP contribution in [0.1, 0.15) is 17.5 Å². The molecule has 0 radical (unpaired) electrons. The predicted molar refractivity (Wildman–Crippen MR) is 119 cm³/mol. The summed E-state index contributed by atoms with van der Waals surface area (Å²) in [5, 5.41) is 4.71. The summed E-state index contributed by atoms with van der Waals surface area (Å²) in [6.07, 6.45) is -6.94. The van der Waals surface area contributed by atoms with Gasteiger partial charge in [-0.25, -0.2) is 14.6 Å². The normalized spacial score (nSPS) is 12.8. The average Bonchev–Trinajstić information content (AvgIpc) is 3.34. The summed E-state index contributed by atoms with van der Waals surface area (Å²) < 4.78 is 59.2. The number of halogens is 4. The summed E-state index contributed by atoms with van der Waals surface area (Å²) in [7, 11) is 5.69. The third kappa shape index (κ3) is 4.40. The third-order valence-corrected chi connectivity index (χ3v) is 5.60. The number of alkyl halides is 3. The molecule has 0 aliphatic rings.